The number of nitrogens with zero attached hydrogens (tertiary/aromatic N) is 2. The normalized spacial score (nSPS) is 13.4. The zero-order valence-corrected chi connectivity index (χ0v) is 17.2. The molecular formula is C20H23N3O2S2. The van der Waals surface area contributed by atoms with Crippen molar-refractivity contribution in [3.05, 3.63) is 34.7 Å². The SMILES string of the molecule is COc1ccc(OCCNc2nc(SC)nc3sc4c(c23)CCCC4)cc1. The standard InChI is InChI=1S/C20H23N3O2S2/c1-24-13-7-9-14(10-8-13)25-12-11-21-18-17-15-5-3-4-6-16(15)27-19(17)23-20(22-18)26-2/h7-10H,3-6,11-12H2,1-2H3,(H,21,22,23). The lowest BCUT2D eigenvalue weighted by atomic mass is 9.97. The van der Waals surface area contributed by atoms with Crippen LogP contribution in [-0.2, 0) is 12.8 Å². The van der Waals surface area contributed by atoms with Crippen molar-refractivity contribution < 1.29 is 9.47 Å². The van der Waals surface area contributed by atoms with Gasteiger partial charge in [0.05, 0.1) is 19.0 Å². The molecule has 3 aromatic rings. The quantitative estimate of drug-likeness (QED) is 0.349. The fraction of sp³-hybridized carbons (Fsp3) is 0.400. The summed E-state index contributed by atoms with van der Waals surface area (Å²) in [6.07, 6.45) is 6.86. The van der Waals surface area contributed by atoms with Crippen LogP contribution in [0.15, 0.2) is 29.4 Å². The van der Waals surface area contributed by atoms with Crippen molar-refractivity contribution in [2.75, 3.05) is 31.8 Å². The van der Waals surface area contributed by atoms with Gasteiger partial charge in [0.15, 0.2) is 5.16 Å². The van der Waals surface area contributed by atoms with Crippen molar-refractivity contribution in [2.45, 2.75) is 30.8 Å². The van der Waals surface area contributed by atoms with E-state index in [0.717, 1.165) is 33.7 Å². The van der Waals surface area contributed by atoms with Gasteiger partial charge in [0.25, 0.3) is 0 Å². The van der Waals surface area contributed by atoms with Crippen molar-refractivity contribution in [3.63, 3.8) is 0 Å². The minimum Gasteiger partial charge on any atom is -0.497 e. The third kappa shape index (κ3) is 3.99. The Morgan fingerprint density at radius 1 is 1.11 bits per heavy atom. The summed E-state index contributed by atoms with van der Waals surface area (Å²) < 4.78 is 11.0. The third-order valence-corrected chi connectivity index (χ3v) is 6.43. The summed E-state index contributed by atoms with van der Waals surface area (Å²) in [7, 11) is 1.66. The molecule has 1 aliphatic carbocycles. The van der Waals surface area contributed by atoms with E-state index in [1.54, 1.807) is 18.9 Å². The molecule has 142 valence electrons. The molecule has 0 spiro atoms. The fourth-order valence-electron chi connectivity index (χ4n) is 3.37. The van der Waals surface area contributed by atoms with Crippen LogP contribution in [0.1, 0.15) is 23.3 Å². The number of ether oxygens (including phenoxy) is 2. The van der Waals surface area contributed by atoms with Gasteiger partial charge in [0.2, 0.25) is 0 Å². The maximum absolute atomic E-state index is 5.83. The van der Waals surface area contributed by atoms with E-state index in [2.05, 4.69) is 5.32 Å². The molecule has 0 unspecified atom stereocenters. The average molecular weight is 402 g/mol. The van der Waals surface area contributed by atoms with E-state index in [1.807, 2.05) is 41.9 Å². The molecule has 0 atom stereocenters. The third-order valence-electron chi connectivity index (χ3n) is 4.70. The van der Waals surface area contributed by atoms with Gasteiger partial charge in [-0.2, -0.15) is 0 Å². The summed E-state index contributed by atoms with van der Waals surface area (Å²) >= 11 is 3.42. The van der Waals surface area contributed by atoms with E-state index in [1.165, 1.54) is 35.1 Å². The summed E-state index contributed by atoms with van der Waals surface area (Å²) in [5, 5.41) is 5.52. The average Bonchev–Trinajstić information content (AvgIpc) is 3.10. The maximum atomic E-state index is 5.83. The lowest BCUT2D eigenvalue weighted by Crippen LogP contribution is -2.13. The molecular weight excluding hydrogens is 378 g/mol. The monoisotopic (exact) mass is 401 g/mol. The van der Waals surface area contributed by atoms with Gasteiger partial charge in [-0.05, 0) is 61.8 Å². The Morgan fingerprint density at radius 2 is 1.89 bits per heavy atom. The van der Waals surface area contributed by atoms with Crippen molar-refractivity contribution >= 4 is 39.1 Å². The van der Waals surface area contributed by atoms with E-state index in [-0.39, 0.29) is 0 Å². The zero-order chi connectivity index (χ0) is 18.6. The number of aryl methyl sites for hydroxylation is 2. The summed E-state index contributed by atoms with van der Waals surface area (Å²) in [5.74, 6) is 2.61. The highest BCUT2D eigenvalue weighted by molar-refractivity contribution is 7.98. The first-order valence-electron chi connectivity index (χ1n) is 9.15. The minimum absolute atomic E-state index is 0.568. The second kappa shape index (κ2) is 8.35. The van der Waals surface area contributed by atoms with Gasteiger partial charge in [-0.1, -0.05) is 11.8 Å². The van der Waals surface area contributed by atoms with Crippen LogP contribution >= 0.6 is 23.1 Å². The number of thiophene rings is 1. The van der Waals surface area contributed by atoms with Gasteiger partial charge in [-0.25, -0.2) is 9.97 Å². The summed E-state index contributed by atoms with van der Waals surface area (Å²) in [4.78, 5) is 12.1. The largest absolute Gasteiger partial charge is 0.497 e. The van der Waals surface area contributed by atoms with E-state index in [9.17, 15) is 0 Å². The number of rotatable bonds is 7. The molecule has 0 radical (unpaired) electrons. The topological polar surface area (TPSA) is 56.3 Å². The molecule has 0 fully saturated rings. The highest BCUT2D eigenvalue weighted by Crippen LogP contribution is 2.39. The second-order valence-corrected chi connectivity index (χ2v) is 8.26. The second-order valence-electron chi connectivity index (χ2n) is 6.40. The number of nitrogens with one attached hydrogen (secondary N) is 1. The summed E-state index contributed by atoms with van der Waals surface area (Å²) in [6.45, 7) is 1.26. The van der Waals surface area contributed by atoms with Gasteiger partial charge in [0.1, 0.15) is 28.8 Å². The van der Waals surface area contributed by atoms with Crippen LogP contribution < -0.4 is 14.8 Å². The first-order chi connectivity index (χ1) is 13.3. The molecule has 4 rings (SSSR count). The molecule has 0 saturated carbocycles. The van der Waals surface area contributed by atoms with Crippen molar-refractivity contribution in [3.8, 4) is 11.5 Å². The molecule has 1 N–H and O–H groups in total. The number of benzene rings is 1. The predicted octanol–water partition coefficient (Wildman–Crippen LogP) is 4.79. The van der Waals surface area contributed by atoms with Gasteiger partial charge >= 0.3 is 0 Å². The number of anilines is 1. The lowest BCUT2D eigenvalue weighted by molar-refractivity contribution is 0.331. The number of aromatic nitrogens is 2. The van der Waals surface area contributed by atoms with E-state index >= 15 is 0 Å². The first-order valence-corrected chi connectivity index (χ1v) is 11.2. The zero-order valence-electron chi connectivity index (χ0n) is 15.6. The highest BCUT2D eigenvalue weighted by Gasteiger charge is 2.20. The molecule has 1 aromatic carbocycles. The molecule has 0 saturated heterocycles. The van der Waals surface area contributed by atoms with Crippen LogP contribution in [0.3, 0.4) is 0 Å². The molecule has 1 aliphatic rings. The van der Waals surface area contributed by atoms with Crippen molar-refractivity contribution in [1.29, 1.82) is 0 Å². The Hall–Kier alpha value is -1.99. The van der Waals surface area contributed by atoms with Crippen LogP contribution in [0.25, 0.3) is 10.2 Å². The number of hydrogen-bond donors (Lipinski definition) is 1. The van der Waals surface area contributed by atoms with Crippen molar-refractivity contribution in [1.82, 2.24) is 9.97 Å². The smallest absolute Gasteiger partial charge is 0.190 e. The molecule has 0 bridgehead atoms. The van der Waals surface area contributed by atoms with Gasteiger partial charge in [-0.15, -0.1) is 11.3 Å². The minimum atomic E-state index is 0.568. The Labute approximate surface area is 167 Å². The molecule has 0 amide bonds. The van der Waals surface area contributed by atoms with Gasteiger partial charge in [-0.3, -0.25) is 0 Å². The number of methoxy groups -OCH3 is 1. The van der Waals surface area contributed by atoms with Crippen LogP contribution in [0.4, 0.5) is 5.82 Å². The molecule has 2 heterocycles. The molecule has 2 aromatic heterocycles. The van der Waals surface area contributed by atoms with E-state index < -0.39 is 0 Å². The molecule has 0 aliphatic heterocycles. The predicted molar refractivity (Wildman–Crippen MR) is 113 cm³/mol. The summed E-state index contributed by atoms with van der Waals surface area (Å²) in [6, 6.07) is 7.64. The molecule has 5 nitrogen and oxygen atoms in total. The Balaban J connectivity index is 1.48. The molecule has 27 heavy (non-hydrogen) atoms. The Bertz CT molecular complexity index is 925. The van der Waals surface area contributed by atoms with Gasteiger partial charge < -0.3 is 14.8 Å². The number of fused-ring (bicyclic) bond motifs is 3. The van der Waals surface area contributed by atoms with Gasteiger partial charge in [0, 0.05) is 4.88 Å². The van der Waals surface area contributed by atoms with E-state index in [0.29, 0.717) is 13.2 Å². The van der Waals surface area contributed by atoms with E-state index in [4.69, 9.17) is 19.4 Å². The Morgan fingerprint density at radius 3 is 2.67 bits per heavy atom. The van der Waals surface area contributed by atoms with Crippen LogP contribution in [0, 0.1) is 0 Å². The van der Waals surface area contributed by atoms with Crippen LogP contribution in [-0.4, -0.2) is 36.5 Å². The number of thioether (sulfide) groups is 1. The highest BCUT2D eigenvalue weighted by atomic mass is 32.2. The van der Waals surface area contributed by atoms with Crippen LogP contribution in [0.5, 0.6) is 11.5 Å². The first kappa shape index (κ1) is 18.4. The summed E-state index contributed by atoms with van der Waals surface area (Å²) in [5.41, 5.74) is 1.45. The maximum Gasteiger partial charge on any atom is 0.190 e. The lowest BCUT2D eigenvalue weighted by Gasteiger charge is -2.13. The molecule has 7 heteroatoms. The fourth-order valence-corrected chi connectivity index (χ4v) is 5.05. The Kier molecular flexibility index (Phi) is 5.69. The number of hydrogen-bond acceptors (Lipinski definition) is 7. The van der Waals surface area contributed by atoms with Crippen LogP contribution in [0.2, 0.25) is 0 Å². The van der Waals surface area contributed by atoms with Crippen molar-refractivity contribution in [2.24, 2.45) is 0 Å².